The lowest BCUT2D eigenvalue weighted by atomic mass is 9.95. The van der Waals surface area contributed by atoms with E-state index in [1.54, 1.807) is 6.07 Å². The minimum atomic E-state index is -0.350. The molecular weight excluding hydrogens is 350 g/mol. The fraction of sp³-hybridized carbons (Fsp3) is 0.261. The highest BCUT2D eigenvalue weighted by atomic mass is 16.4. The molecule has 0 aliphatic heterocycles. The zero-order valence-electron chi connectivity index (χ0n) is 16.6. The van der Waals surface area contributed by atoms with Crippen LogP contribution in [0.4, 0.5) is 0 Å². The smallest absolute Gasteiger partial charge is 0.336 e. The summed E-state index contributed by atoms with van der Waals surface area (Å²) in [5.74, 6) is 1.87. The zero-order chi connectivity index (χ0) is 19.8. The van der Waals surface area contributed by atoms with Crippen LogP contribution in [0.15, 0.2) is 57.7 Å². The van der Waals surface area contributed by atoms with Gasteiger partial charge in [-0.15, -0.1) is 0 Å². The first-order valence-electron chi connectivity index (χ1n) is 9.46. The number of aromatic nitrogens is 3. The molecule has 4 rings (SSSR count). The molecule has 0 bridgehead atoms. The lowest BCUT2D eigenvalue weighted by Crippen LogP contribution is -2.09. The van der Waals surface area contributed by atoms with Crippen LogP contribution in [0, 0.1) is 13.8 Å². The Morgan fingerprint density at radius 1 is 1.07 bits per heavy atom. The predicted octanol–water partition coefficient (Wildman–Crippen LogP) is 4.84. The first-order valence-corrected chi connectivity index (χ1v) is 9.46. The van der Waals surface area contributed by atoms with E-state index in [2.05, 4.69) is 36.9 Å². The number of benzene rings is 2. The summed E-state index contributed by atoms with van der Waals surface area (Å²) in [4.78, 5) is 16.8. The topological polar surface area (TPSA) is 60.9 Å². The average Bonchev–Trinajstić information content (AvgIpc) is 3.01. The van der Waals surface area contributed by atoms with Crippen molar-refractivity contribution in [2.75, 3.05) is 0 Å². The molecule has 5 nitrogen and oxygen atoms in total. The Morgan fingerprint density at radius 3 is 2.54 bits per heavy atom. The Morgan fingerprint density at radius 2 is 1.82 bits per heavy atom. The summed E-state index contributed by atoms with van der Waals surface area (Å²) in [6.45, 7) is 8.71. The molecule has 0 radical (unpaired) electrons. The zero-order valence-corrected chi connectivity index (χ0v) is 16.6. The van der Waals surface area contributed by atoms with E-state index in [9.17, 15) is 4.79 Å². The minimum Gasteiger partial charge on any atom is -0.423 e. The van der Waals surface area contributed by atoms with Crippen molar-refractivity contribution in [1.29, 1.82) is 0 Å². The molecule has 4 aromatic rings. The van der Waals surface area contributed by atoms with Crippen LogP contribution >= 0.6 is 0 Å². The maximum absolute atomic E-state index is 12.2. The lowest BCUT2D eigenvalue weighted by molar-refractivity contribution is 0.555. The maximum Gasteiger partial charge on any atom is 0.336 e. The van der Waals surface area contributed by atoms with Crippen LogP contribution < -0.4 is 5.63 Å². The molecule has 0 spiro atoms. The largest absolute Gasteiger partial charge is 0.423 e. The van der Waals surface area contributed by atoms with Gasteiger partial charge in [0, 0.05) is 17.0 Å². The van der Waals surface area contributed by atoms with Gasteiger partial charge in [0.05, 0.1) is 6.54 Å². The fourth-order valence-corrected chi connectivity index (χ4v) is 3.67. The number of nitrogens with zero attached hydrogens (tertiary/aromatic N) is 3. The summed E-state index contributed by atoms with van der Waals surface area (Å²) in [5.41, 5.74) is 4.52. The second kappa shape index (κ2) is 7.08. The van der Waals surface area contributed by atoms with E-state index in [0.29, 0.717) is 23.9 Å². The van der Waals surface area contributed by atoms with Crippen molar-refractivity contribution >= 4 is 11.0 Å². The molecule has 142 valence electrons. The summed E-state index contributed by atoms with van der Waals surface area (Å²) in [5, 5.41) is 5.51. The molecule has 28 heavy (non-hydrogen) atoms. The molecule has 2 aromatic heterocycles. The lowest BCUT2D eigenvalue weighted by Gasteiger charge is -2.13. The van der Waals surface area contributed by atoms with Gasteiger partial charge >= 0.3 is 5.63 Å². The number of fused-ring (bicyclic) bond motifs is 1. The summed E-state index contributed by atoms with van der Waals surface area (Å²) >= 11 is 0. The second-order valence-electron chi connectivity index (χ2n) is 7.46. The SMILES string of the molecule is Cc1nc(-c2ccccc2)n(Cc2cc(=O)oc3cc(C)c(C(C)C)cc23)n1. The molecule has 0 atom stereocenters. The molecule has 0 saturated heterocycles. The van der Waals surface area contributed by atoms with Crippen LogP contribution in [0.2, 0.25) is 0 Å². The monoisotopic (exact) mass is 373 g/mol. The van der Waals surface area contributed by atoms with E-state index < -0.39 is 0 Å². The van der Waals surface area contributed by atoms with Gasteiger partial charge in [0.2, 0.25) is 0 Å². The van der Waals surface area contributed by atoms with E-state index in [1.807, 2.05) is 48.0 Å². The number of aryl methyl sites for hydroxylation is 2. The van der Waals surface area contributed by atoms with Crippen LogP contribution in [-0.2, 0) is 6.54 Å². The van der Waals surface area contributed by atoms with Crippen molar-refractivity contribution in [3.05, 3.63) is 81.5 Å². The van der Waals surface area contributed by atoms with Crippen molar-refractivity contribution in [3.63, 3.8) is 0 Å². The third kappa shape index (κ3) is 3.36. The summed E-state index contributed by atoms with van der Waals surface area (Å²) in [7, 11) is 0. The van der Waals surface area contributed by atoms with Crippen molar-refractivity contribution in [2.24, 2.45) is 0 Å². The van der Waals surface area contributed by atoms with Crippen molar-refractivity contribution < 1.29 is 4.42 Å². The third-order valence-corrected chi connectivity index (χ3v) is 4.97. The van der Waals surface area contributed by atoms with E-state index in [1.165, 1.54) is 5.56 Å². The van der Waals surface area contributed by atoms with Crippen LogP contribution in [-0.4, -0.2) is 14.8 Å². The van der Waals surface area contributed by atoms with Gasteiger partial charge in [-0.2, -0.15) is 5.10 Å². The van der Waals surface area contributed by atoms with Gasteiger partial charge in [-0.05, 0) is 48.6 Å². The van der Waals surface area contributed by atoms with Crippen LogP contribution in [0.25, 0.3) is 22.4 Å². The molecular formula is C23H23N3O2. The molecule has 0 aliphatic rings. The third-order valence-electron chi connectivity index (χ3n) is 4.97. The van der Waals surface area contributed by atoms with Gasteiger partial charge in [-0.3, -0.25) is 0 Å². The number of hydrogen-bond acceptors (Lipinski definition) is 4. The van der Waals surface area contributed by atoms with E-state index in [0.717, 1.165) is 27.9 Å². The number of rotatable bonds is 4. The van der Waals surface area contributed by atoms with Crippen LogP contribution in [0.3, 0.4) is 0 Å². The summed E-state index contributed by atoms with van der Waals surface area (Å²) in [6, 6.07) is 15.6. The Labute approximate surface area is 163 Å². The van der Waals surface area contributed by atoms with Gasteiger partial charge < -0.3 is 4.42 Å². The van der Waals surface area contributed by atoms with Crippen molar-refractivity contribution in [2.45, 2.75) is 40.2 Å². The maximum atomic E-state index is 12.2. The van der Waals surface area contributed by atoms with Gasteiger partial charge in [0.1, 0.15) is 11.4 Å². The molecule has 0 amide bonds. The van der Waals surface area contributed by atoms with E-state index >= 15 is 0 Å². The highest BCUT2D eigenvalue weighted by molar-refractivity contribution is 5.82. The molecule has 0 saturated carbocycles. The highest BCUT2D eigenvalue weighted by Crippen LogP contribution is 2.28. The van der Waals surface area contributed by atoms with Crippen LogP contribution in [0.1, 0.15) is 42.3 Å². The molecule has 0 N–H and O–H groups in total. The predicted molar refractivity (Wildman–Crippen MR) is 111 cm³/mol. The van der Waals surface area contributed by atoms with Gasteiger partial charge in [-0.1, -0.05) is 44.2 Å². The molecule has 5 heteroatoms. The van der Waals surface area contributed by atoms with Crippen LogP contribution in [0.5, 0.6) is 0 Å². The van der Waals surface area contributed by atoms with Crippen molar-refractivity contribution in [1.82, 2.24) is 14.8 Å². The normalized spacial score (nSPS) is 11.5. The van der Waals surface area contributed by atoms with E-state index in [4.69, 9.17) is 4.42 Å². The summed E-state index contributed by atoms with van der Waals surface area (Å²) < 4.78 is 7.33. The first-order chi connectivity index (χ1) is 13.4. The molecule has 0 aliphatic carbocycles. The standard InChI is InChI=1S/C23H23N3O2/c1-14(2)19-12-20-18(11-22(27)28-21(20)10-15(19)3)13-26-23(24-16(4)25-26)17-8-6-5-7-9-17/h5-12,14H,13H2,1-4H3. The summed E-state index contributed by atoms with van der Waals surface area (Å²) in [6.07, 6.45) is 0. The van der Waals surface area contributed by atoms with Gasteiger partial charge in [0.25, 0.3) is 0 Å². The second-order valence-corrected chi connectivity index (χ2v) is 7.46. The highest BCUT2D eigenvalue weighted by Gasteiger charge is 2.15. The van der Waals surface area contributed by atoms with Gasteiger partial charge in [-0.25, -0.2) is 14.5 Å². The quantitative estimate of drug-likeness (QED) is 0.480. The van der Waals surface area contributed by atoms with Crippen molar-refractivity contribution in [3.8, 4) is 11.4 Å². The molecule has 0 unspecified atom stereocenters. The molecule has 2 heterocycles. The fourth-order valence-electron chi connectivity index (χ4n) is 3.67. The Hall–Kier alpha value is -3.21. The van der Waals surface area contributed by atoms with Gasteiger partial charge in [0.15, 0.2) is 5.82 Å². The minimum absolute atomic E-state index is 0.350. The Balaban J connectivity index is 1.87. The average molecular weight is 373 g/mol. The number of hydrogen-bond donors (Lipinski definition) is 0. The first kappa shape index (κ1) is 18.2. The Bertz CT molecular complexity index is 1200. The molecule has 0 fully saturated rings. The Kier molecular flexibility index (Phi) is 4.59. The van der Waals surface area contributed by atoms with E-state index in [-0.39, 0.29) is 5.63 Å². The molecule has 2 aromatic carbocycles.